The Morgan fingerprint density at radius 1 is 1.00 bits per heavy atom. The van der Waals surface area contributed by atoms with Gasteiger partial charge in [-0.15, -0.1) is 0 Å². The fraction of sp³-hybridized carbons (Fsp3) is 0.133. The molecule has 122 valence electrons. The zero-order chi connectivity index (χ0) is 17.6. The van der Waals surface area contributed by atoms with Crippen LogP contribution in [0.5, 0.6) is 0 Å². The van der Waals surface area contributed by atoms with Gasteiger partial charge in [0, 0.05) is 35.0 Å². The molecule has 0 saturated carbocycles. The van der Waals surface area contributed by atoms with E-state index in [1.165, 1.54) is 47.9 Å². The quantitative estimate of drug-likeness (QED) is 0.578. The van der Waals surface area contributed by atoms with Crippen molar-refractivity contribution < 1.29 is 19.7 Å². The number of rotatable bonds is 4. The van der Waals surface area contributed by atoms with E-state index < -0.39 is 21.9 Å². The molecule has 9 heteroatoms. The van der Waals surface area contributed by atoms with Crippen molar-refractivity contribution in [2.45, 2.75) is 13.0 Å². The summed E-state index contributed by atoms with van der Waals surface area (Å²) in [6, 6.07) is 7.13. The number of hydrogen-bond donors (Lipinski definition) is 1. The zero-order valence-electron chi connectivity index (χ0n) is 12.4. The average Bonchev–Trinajstić information content (AvgIpc) is 2.86. The van der Waals surface area contributed by atoms with Crippen molar-refractivity contribution in [1.29, 1.82) is 0 Å². The number of carboxylic acids is 1. The predicted molar refractivity (Wildman–Crippen MR) is 85.1 cm³/mol. The van der Waals surface area contributed by atoms with Gasteiger partial charge in [-0.2, -0.15) is 0 Å². The van der Waals surface area contributed by atoms with Crippen LogP contribution >= 0.6 is 0 Å². The van der Waals surface area contributed by atoms with E-state index >= 15 is 0 Å². The maximum Gasteiger partial charge on any atom is 0.326 e. The van der Waals surface area contributed by atoms with Crippen molar-refractivity contribution in [3.8, 4) is 0 Å². The van der Waals surface area contributed by atoms with Gasteiger partial charge in [0.2, 0.25) is 0 Å². The van der Waals surface area contributed by atoms with E-state index in [0.29, 0.717) is 21.8 Å². The molecule has 24 heavy (non-hydrogen) atoms. The first-order valence-corrected chi connectivity index (χ1v) is 6.90. The number of aliphatic carboxylic acids is 1. The summed E-state index contributed by atoms with van der Waals surface area (Å²) in [7, 11) is 0. The minimum Gasteiger partial charge on any atom is -0.480 e. The summed E-state index contributed by atoms with van der Waals surface area (Å²) in [6.45, 7) is 1.48. The maximum atomic E-state index is 11.4. The van der Waals surface area contributed by atoms with Gasteiger partial charge < -0.3 is 9.67 Å². The van der Waals surface area contributed by atoms with Gasteiger partial charge in [0.1, 0.15) is 6.04 Å². The van der Waals surface area contributed by atoms with E-state index in [1.807, 2.05) is 0 Å². The molecule has 3 aromatic rings. The van der Waals surface area contributed by atoms with E-state index in [4.69, 9.17) is 0 Å². The van der Waals surface area contributed by atoms with Crippen LogP contribution in [0.4, 0.5) is 11.4 Å². The molecular formula is C15H11N3O6. The molecule has 0 spiro atoms. The third kappa shape index (κ3) is 2.22. The lowest BCUT2D eigenvalue weighted by atomic mass is 10.1. The van der Waals surface area contributed by atoms with Crippen LogP contribution in [-0.4, -0.2) is 25.5 Å². The van der Waals surface area contributed by atoms with Gasteiger partial charge in [0.25, 0.3) is 11.4 Å². The molecule has 1 atom stereocenters. The highest BCUT2D eigenvalue weighted by Crippen LogP contribution is 2.35. The van der Waals surface area contributed by atoms with Gasteiger partial charge in [-0.3, -0.25) is 20.2 Å². The number of hydrogen-bond acceptors (Lipinski definition) is 5. The highest BCUT2D eigenvalue weighted by atomic mass is 16.6. The molecule has 9 nitrogen and oxygen atoms in total. The van der Waals surface area contributed by atoms with Crippen LogP contribution in [0.15, 0.2) is 36.4 Å². The van der Waals surface area contributed by atoms with Crippen LogP contribution < -0.4 is 0 Å². The minimum absolute atomic E-state index is 0.170. The van der Waals surface area contributed by atoms with Crippen molar-refractivity contribution in [2.24, 2.45) is 0 Å². The Morgan fingerprint density at radius 2 is 1.42 bits per heavy atom. The molecule has 0 aliphatic rings. The molecule has 1 heterocycles. The lowest BCUT2D eigenvalue weighted by Crippen LogP contribution is -2.15. The molecular weight excluding hydrogens is 318 g/mol. The maximum absolute atomic E-state index is 11.4. The Labute approximate surface area is 134 Å². The summed E-state index contributed by atoms with van der Waals surface area (Å²) >= 11 is 0. The van der Waals surface area contributed by atoms with Gasteiger partial charge in [-0.1, -0.05) is 0 Å². The number of nitro groups is 2. The predicted octanol–water partition coefficient (Wildman–Crippen LogP) is 3.26. The molecule has 0 radical (unpaired) electrons. The number of carboxylic acid groups (broad SMARTS) is 1. The lowest BCUT2D eigenvalue weighted by Gasteiger charge is -2.12. The first-order valence-electron chi connectivity index (χ1n) is 6.90. The molecule has 1 unspecified atom stereocenters. The van der Waals surface area contributed by atoms with Crippen LogP contribution in [0.25, 0.3) is 21.8 Å². The molecule has 3 rings (SSSR count). The summed E-state index contributed by atoms with van der Waals surface area (Å²) in [6.07, 6.45) is 0. The Morgan fingerprint density at radius 3 is 1.75 bits per heavy atom. The van der Waals surface area contributed by atoms with E-state index in [0.717, 1.165) is 0 Å². The lowest BCUT2D eigenvalue weighted by molar-refractivity contribution is -0.385. The van der Waals surface area contributed by atoms with Crippen LogP contribution in [0, 0.1) is 20.2 Å². The van der Waals surface area contributed by atoms with E-state index in [9.17, 15) is 30.1 Å². The van der Waals surface area contributed by atoms with Crippen molar-refractivity contribution in [1.82, 2.24) is 4.57 Å². The molecule has 0 aliphatic carbocycles. The summed E-state index contributed by atoms with van der Waals surface area (Å²) in [5, 5.41) is 32.1. The van der Waals surface area contributed by atoms with Gasteiger partial charge in [0.15, 0.2) is 0 Å². The van der Waals surface area contributed by atoms with Crippen molar-refractivity contribution in [2.75, 3.05) is 0 Å². The number of nitro benzene ring substituents is 2. The van der Waals surface area contributed by atoms with Crippen molar-refractivity contribution >= 4 is 39.1 Å². The van der Waals surface area contributed by atoms with Gasteiger partial charge in [0.05, 0.1) is 20.9 Å². The second-order valence-electron chi connectivity index (χ2n) is 5.30. The van der Waals surface area contributed by atoms with Crippen molar-refractivity contribution in [3.63, 3.8) is 0 Å². The highest BCUT2D eigenvalue weighted by molar-refractivity contribution is 6.10. The normalized spacial score (nSPS) is 12.4. The Kier molecular flexibility index (Phi) is 3.40. The third-order valence-corrected chi connectivity index (χ3v) is 3.94. The fourth-order valence-electron chi connectivity index (χ4n) is 2.78. The summed E-state index contributed by atoms with van der Waals surface area (Å²) in [5.74, 6) is -1.08. The van der Waals surface area contributed by atoms with E-state index in [-0.39, 0.29) is 11.4 Å². The number of benzene rings is 2. The minimum atomic E-state index is -1.08. The molecule has 1 N–H and O–H groups in total. The first kappa shape index (κ1) is 15.4. The second-order valence-corrected chi connectivity index (χ2v) is 5.30. The van der Waals surface area contributed by atoms with Crippen LogP contribution in [-0.2, 0) is 4.79 Å². The van der Waals surface area contributed by atoms with Gasteiger partial charge in [-0.25, -0.2) is 4.79 Å². The van der Waals surface area contributed by atoms with E-state index in [1.54, 1.807) is 0 Å². The third-order valence-electron chi connectivity index (χ3n) is 3.94. The molecule has 0 fully saturated rings. The highest BCUT2D eigenvalue weighted by Gasteiger charge is 2.23. The summed E-state index contributed by atoms with van der Waals surface area (Å²) < 4.78 is 1.50. The topological polar surface area (TPSA) is 129 Å². The second kappa shape index (κ2) is 5.30. The fourth-order valence-corrected chi connectivity index (χ4v) is 2.78. The standard InChI is InChI=1S/C15H11N3O6/c1-8(15(19)20)16-13-4-2-9(17(21)22)6-11(13)12-7-10(18(23)24)3-5-14(12)16/h2-8H,1H3,(H,19,20). The zero-order valence-corrected chi connectivity index (χ0v) is 12.4. The molecule has 0 bridgehead atoms. The molecule has 0 amide bonds. The molecule has 0 saturated heterocycles. The first-order chi connectivity index (χ1) is 11.3. The van der Waals surface area contributed by atoms with Crippen LogP contribution in [0.1, 0.15) is 13.0 Å². The SMILES string of the molecule is CC(C(=O)O)n1c2ccc([N+](=O)[O-])cc2c2cc([N+](=O)[O-])ccc21. The summed E-state index contributed by atoms with van der Waals surface area (Å²) in [5.41, 5.74) is 0.587. The number of nitrogens with zero attached hydrogens (tertiary/aromatic N) is 3. The largest absolute Gasteiger partial charge is 0.480 e. The Bertz CT molecular complexity index is 952. The van der Waals surface area contributed by atoms with Gasteiger partial charge >= 0.3 is 5.97 Å². The van der Waals surface area contributed by atoms with E-state index in [2.05, 4.69) is 0 Å². The Balaban J connectivity index is 2.46. The average molecular weight is 329 g/mol. The molecule has 0 aliphatic heterocycles. The number of non-ortho nitro benzene ring substituents is 2. The smallest absolute Gasteiger partial charge is 0.326 e. The number of fused-ring (bicyclic) bond motifs is 3. The van der Waals surface area contributed by atoms with Crippen LogP contribution in [0.3, 0.4) is 0 Å². The Hall–Kier alpha value is -3.49. The van der Waals surface area contributed by atoms with Crippen LogP contribution in [0.2, 0.25) is 0 Å². The number of carbonyl (C=O) groups is 1. The van der Waals surface area contributed by atoms with Gasteiger partial charge in [-0.05, 0) is 19.1 Å². The summed E-state index contributed by atoms with van der Waals surface area (Å²) in [4.78, 5) is 32.3. The number of aromatic nitrogens is 1. The molecule has 2 aromatic carbocycles. The monoisotopic (exact) mass is 329 g/mol. The molecule has 1 aromatic heterocycles. The van der Waals surface area contributed by atoms with Crippen molar-refractivity contribution in [3.05, 3.63) is 56.6 Å².